The molecule has 0 saturated carbocycles. The predicted molar refractivity (Wildman–Crippen MR) is 142 cm³/mol. The maximum Gasteiger partial charge on any atom is -0.0184 e. The van der Waals surface area contributed by atoms with Gasteiger partial charge in [-0.1, -0.05) is 117 Å². The van der Waals surface area contributed by atoms with Gasteiger partial charge in [-0.3, -0.25) is 0 Å². The van der Waals surface area contributed by atoms with E-state index in [9.17, 15) is 0 Å². The smallest absolute Gasteiger partial charge is 0.0184 e. The summed E-state index contributed by atoms with van der Waals surface area (Å²) < 4.78 is 0. The van der Waals surface area contributed by atoms with Crippen molar-refractivity contribution in [3.05, 3.63) is 108 Å². The molecular formula is C29H40S. The van der Waals surface area contributed by atoms with Gasteiger partial charge in [0.2, 0.25) is 0 Å². The Morgan fingerprint density at radius 3 is 1.93 bits per heavy atom. The van der Waals surface area contributed by atoms with Crippen molar-refractivity contribution in [1.29, 1.82) is 0 Å². The third kappa shape index (κ3) is 10.5. The number of benzene rings is 2. The van der Waals surface area contributed by atoms with Gasteiger partial charge in [0, 0.05) is 0 Å². The van der Waals surface area contributed by atoms with E-state index in [-0.39, 0.29) is 0 Å². The van der Waals surface area contributed by atoms with E-state index in [0.717, 1.165) is 0 Å². The summed E-state index contributed by atoms with van der Waals surface area (Å²) in [5.74, 6) is 0.701. The van der Waals surface area contributed by atoms with Crippen LogP contribution in [0, 0.1) is 12.8 Å². The number of hydrogen-bond acceptors (Lipinski definition) is 1. The molecule has 2 aromatic rings. The molecule has 0 heterocycles. The van der Waals surface area contributed by atoms with Crippen molar-refractivity contribution in [3.8, 4) is 11.1 Å². The van der Waals surface area contributed by atoms with E-state index in [0.29, 0.717) is 5.92 Å². The van der Waals surface area contributed by atoms with E-state index >= 15 is 0 Å². The summed E-state index contributed by atoms with van der Waals surface area (Å²) >= 11 is 3.53. The van der Waals surface area contributed by atoms with E-state index in [1.54, 1.807) is 6.26 Å². The molecule has 0 saturated heterocycles. The molecule has 0 amide bonds. The average Bonchev–Trinajstić information content (AvgIpc) is 2.82. The first-order chi connectivity index (χ1) is 14.6. The highest BCUT2D eigenvalue weighted by Crippen LogP contribution is 2.22. The lowest BCUT2D eigenvalue weighted by molar-refractivity contribution is 0.732. The van der Waals surface area contributed by atoms with Crippen LogP contribution in [0.2, 0.25) is 0 Å². The summed E-state index contributed by atoms with van der Waals surface area (Å²) in [5, 5.41) is 0. The van der Waals surface area contributed by atoms with Crippen molar-refractivity contribution in [3.63, 3.8) is 0 Å². The molecule has 1 aliphatic rings. The summed E-state index contributed by atoms with van der Waals surface area (Å²) in [6.07, 6.45) is 16.1. The molecule has 0 aromatic heterocycles. The maximum absolute atomic E-state index is 3.53. The van der Waals surface area contributed by atoms with Gasteiger partial charge in [-0.15, -0.1) is 0 Å². The number of aryl methyl sites for hydroxylation is 1. The Balaban J connectivity index is 0.000000481. The van der Waals surface area contributed by atoms with Gasteiger partial charge in [-0.25, -0.2) is 0 Å². The summed E-state index contributed by atoms with van der Waals surface area (Å²) in [6, 6.07) is 19.0. The Morgan fingerprint density at radius 1 is 0.900 bits per heavy atom. The molecule has 1 heteroatoms. The van der Waals surface area contributed by atoms with Crippen LogP contribution in [-0.4, -0.2) is 6.26 Å². The van der Waals surface area contributed by atoms with Crippen LogP contribution in [0.3, 0.4) is 0 Å². The zero-order valence-corrected chi connectivity index (χ0v) is 20.8. The topological polar surface area (TPSA) is 0 Å². The molecular weight excluding hydrogens is 380 g/mol. The van der Waals surface area contributed by atoms with Crippen LogP contribution in [0.5, 0.6) is 0 Å². The first-order valence-electron chi connectivity index (χ1n) is 10.9. The minimum absolute atomic E-state index is 0.701. The molecule has 2 aromatic carbocycles. The van der Waals surface area contributed by atoms with Crippen LogP contribution in [0.25, 0.3) is 11.1 Å². The number of thiol groups is 1. The Morgan fingerprint density at radius 2 is 1.47 bits per heavy atom. The highest BCUT2D eigenvalue weighted by atomic mass is 32.1. The highest BCUT2D eigenvalue weighted by Gasteiger charge is 2.04. The second-order valence-corrected chi connectivity index (χ2v) is 6.71. The molecule has 3 rings (SSSR count). The van der Waals surface area contributed by atoms with Crippen molar-refractivity contribution in [2.45, 2.75) is 48.0 Å². The molecule has 0 bridgehead atoms. The van der Waals surface area contributed by atoms with Crippen LogP contribution < -0.4 is 0 Å². The summed E-state index contributed by atoms with van der Waals surface area (Å²) in [6.45, 7) is 12.5. The third-order valence-corrected chi connectivity index (χ3v) is 4.46. The van der Waals surface area contributed by atoms with Gasteiger partial charge in [0.15, 0.2) is 0 Å². The molecule has 0 fully saturated rings. The molecule has 0 aliphatic heterocycles. The van der Waals surface area contributed by atoms with E-state index in [1.807, 2.05) is 19.9 Å². The Labute approximate surface area is 191 Å². The minimum Gasteiger partial charge on any atom is -0.183 e. The van der Waals surface area contributed by atoms with Gasteiger partial charge < -0.3 is 0 Å². The second kappa shape index (κ2) is 17.6. The normalized spacial score (nSPS) is 15.0. The van der Waals surface area contributed by atoms with Crippen LogP contribution in [0.15, 0.2) is 102 Å². The average molecular weight is 421 g/mol. The zero-order valence-electron chi connectivity index (χ0n) is 19.9. The van der Waals surface area contributed by atoms with E-state index in [1.165, 1.54) is 34.3 Å². The van der Waals surface area contributed by atoms with Crippen molar-refractivity contribution < 1.29 is 0 Å². The van der Waals surface area contributed by atoms with Crippen molar-refractivity contribution >= 4 is 12.6 Å². The fourth-order valence-corrected chi connectivity index (χ4v) is 2.86. The van der Waals surface area contributed by atoms with E-state index in [2.05, 4.69) is 125 Å². The van der Waals surface area contributed by atoms with Gasteiger partial charge in [0.1, 0.15) is 0 Å². The number of hydrogen-bond donors (Lipinski definition) is 1. The van der Waals surface area contributed by atoms with Crippen molar-refractivity contribution in [2.24, 2.45) is 5.92 Å². The molecule has 1 aliphatic carbocycles. The third-order valence-electron chi connectivity index (χ3n) is 4.46. The molecule has 0 N–H and O–H groups in total. The Kier molecular flexibility index (Phi) is 16.3. The summed E-state index contributed by atoms with van der Waals surface area (Å²) in [4.78, 5) is 0. The molecule has 1 atom stereocenters. The van der Waals surface area contributed by atoms with E-state index < -0.39 is 0 Å². The fourth-order valence-electron chi connectivity index (χ4n) is 2.86. The van der Waals surface area contributed by atoms with Gasteiger partial charge in [-0.2, -0.15) is 12.6 Å². The monoisotopic (exact) mass is 420 g/mol. The number of allylic oxidation sites excluding steroid dienone is 8. The standard InChI is InChI=1S/C13H12.C13H18.C2H6.CH4S/c1-11-7-9-13(10-8-11)12-5-3-2-4-6-12;1-4-6-12(5-2)13-9-7-11(3)8-10-13;2*1-2/h2-10H,1H3;4-7,9-11H,8H2,1-3H3;1-2H3;2H,1H3/b;6-4-,12-5+;;. The van der Waals surface area contributed by atoms with Crippen LogP contribution in [0.4, 0.5) is 0 Å². The second-order valence-electron chi connectivity index (χ2n) is 6.71. The zero-order chi connectivity index (χ0) is 22.8. The van der Waals surface area contributed by atoms with Crippen LogP contribution in [0.1, 0.15) is 46.6 Å². The van der Waals surface area contributed by atoms with Crippen molar-refractivity contribution in [2.75, 3.05) is 6.26 Å². The SMILES string of the molecule is C/C=C\C(=C/C)C1=CCC(C)C=C1.CC.CS.Cc1ccc(-c2ccccc2)cc1. The summed E-state index contributed by atoms with van der Waals surface area (Å²) in [7, 11) is 0. The van der Waals surface area contributed by atoms with E-state index in [4.69, 9.17) is 0 Å². The van der Waals surface area contributed by atoms with Gasteiger partial charge in [0.25, 0.3) is 0 Å². The van der Waals surface area contributed by atoms with Gasteiger partial charge in [-0.05, 0) is 61.6 Å². The largest absolute Gasteiger partial charge is 0.183 e. The maximum atomic E-state index is 3.53. The first kappa shape index (κ1) is 27.8. The number of rotatable bonds is 3. The lowest BCUT2D eigenvalue weighted by atomic mass is 9.94. The van der Waals surface area contributed by atoms with Crippen molar-refractivity contribution in [1.82, 2.24) is 0 Å². The van der Waals surface area contributed by atoms with Crippen LogP contribution in [-0.2, 0) is 0 Å². The van der Waals surface area contributed by atoms with Gasteiger partial charge in [0.05, 0.1) is 0 Å². The molecule has 0 radical (unpaired) electrons. The lowest BCUT2D eigenvalue weighted by Gasteiger charge is -2.12. The van der Waals surface area contributed by atoms with Gasteiger partial charge >= 0.3 is 0 Å². The molecule has 1 unspecified atom stereocenters. The summed E-state index contributed by atoms with van der Waals surface area (Å²) in [5.41, 5.74) is 6.55. The van der Waals surface area contributed by atoms with Crippen LogP contribution >= 0.6 is 12.6 Å². The molecule has 30 heavy (non-hydrogen) atoms. The quantitative estimate of drug-likeness (QED) is 0.371. The Bertz CT molecular complexity index is 790. The first-order valence-corrected chi connectivity index (χ1v) is 11.8. The molecule has 162 valence electrons. The fraction of sp³-hybridized carbons (Fsp3) is 0.310. The molecule has 0 nitrogen and oxygen atoms in total. The molecule has 0 spiro atoms. The Hall–Kier alpha value is -2.25. The lowest BCUT2D eigenvalue weighted by Crippen LogP contribution is -1.95. The predicted octanol–water partition coefficient (Wildman–Crippen LogP) is 9.27. The highest BCUT2D eigenvalue weighted by molar-refractivity contribution is 7.79. The minimum atomic E-state index is 0.701.